The van der Waals surface area contributed by atoms with E-state index >= 15 is 0 Å². The van der Waals surface area contributed by atoms with Crippen LogP contribution in [0.3, 0.4) is 0 Å². The van der Waals surface area contributed by atoms with Crippen molar-refractivity contribution in [1.29, 1.82) is 0 Å². The van der Waals surface area contributed by atoms with Crippen molar-refractivity contribution in [2.75, 3.05) is 18.5 Å². The summed E-state index contributed by atoms with van der Waals surface area (Å²) in [6.07, 6.45) is 4.59. The van der Waals surface area contributed by atoms with Gasteiger partial charge in [-0.2, -0.15) is 5.10 Å². The molecular formula is C19H28N4O2. The Bertz CT molecular complexity index is 636. The predicted molar refractivity (Wildman–Crippen MR) is 99.6 cm³/mol. The number of aliphatic hydroxyl groups is 1. The van der Waals surface area contributed by atoms with Crippen molar-refractivity contribution >= 4 is 11.8 Å². The standard InChI is InChI=1S/C19H28N4O2/c1-3-7-16(11-13-24)14-20-19(25)21-18-10-12-23(22-18)15(2)17-8-5-4-6-9-17/h4-6,8-10,12,15-16,24H,3,7,11,13-14H2,1-2H3,(H2,20,21,22,25). The molecule has 25 heavy (non-hydrogen) atoms. The number of rotatable bonds is 9. The molecule has 2 amide bonds. The third-order valence-electron chi connectivity index (χ3n) is 4.31. The Labute approximate surface area is 149 Å². The minimum Gasteiger partial charge on any atom is -0.396 e. The molecule has 1 aromatic carbocycles. The number of anilines is 1. The fourth-order valence-corrected chi connectivity index (χ4v) is 2.84. The minimum atomic E-state index is -0.267. The first-order valence-corrected chi connectivity index (χ1v) is 8.89. The lowest BCUT2D eigenvalue weighted by atomic mass is 10.0. The SMILES string of the molecule is CCCC(CCO)CNC(=O)Nc1ccn(C(C)c2ccccc2)n1. The molecule has 0 saturated carbocycles. The van der Waals surface area contributed by atoms with Crippen molar-refractivity contribution in [3.05, 3.63) is 48.2 Å². The van der Waals surface area contributed by atoms with Crippen molar-refractivity contribution in [3.63, 3.8) is 0 Å². The summed E-state index contributed by atoms with van der Waals surface area (Å²) in [5, 5.41) is 19.1. The van der Waals surface area contributed by atoms with E-state index in [1.165, 1.54) is 0 Å². The third kappa shape index (κ3) is 5.90. The zero-order valence-electron chi connectivity index (χ0n) is 15.0. The number of carbonyl (C=O) groups excluding carboxylic acids is 1. The van der Waals surface area contributed by atoms with E-state index in [-0.39, 0.29) is 18.7 Å². The molecule has 0 fully saturated rings. The topological polar surface area (TPSA) is 79.2 Å². The first-order chi connectivity index (χ1) is 12.1. The van der Waals surface area contributed by atoms with Crippen LogP contribution in [-0.2, 0) is 0 Å². The summed E-state index contributed by atoms with van der Waals surface area (Å²) in [5.41, 5.74) is 1.16. The molecule has 0 bridgehead atoms. The zero-order valence-corrected chi connectivity index (χ0v) is 15.0. The van der Waals surface area contributed by atoms with Gasteiger partial charge in [-0.15, -0.1) is 0 Å². The zero-order chi connectivity index (χ0) is 18.1. The molecule has 0 aliphatic rings. The molecule has 0 spiro atoms. The average Bonchev–Trinajstić information content (AvgIpc) is 3.08. The van der Waals surface area contributed by atoms with Crippen LogP contribution in [0.5, 0.6) is 0 Å². The van der Waals surface area contributed by atoms with Gasteiger partial charge in [0.15, 0.2) is 5.82 Å². The van der Waals surface area contributed by atoms with E-state index in [0.29, 0.717) is 24.7 Å². The Morgan fingerprint density at radius 2 is 2.00 bits per heavy atom. The van der Waals surface area contributed by atoms with E-state index in [0.717, 1.165) is 18.4 Å². The number of hydrogen-bond donors (Lipinski definition) is 3. The van der Waals surface area contributed by atoms with Crippen molar-refractivity contribution in [2.24, 2.45) is 5.92 Å². The van der Waals surface area contributed by atoms with Gasteiger partial charge in [-0.05, 0) is 31.2 Å². The number of aliphatic hydroxyl groups excluding tert-OH is 1. The summed E-state index contributed by atoms with van der Waals surface area (Å²) >= 11 is 0. The van der Waals surface area contributed by atoms with E-state index in [9.17, 15) is 4.79 Å². The summed E-state index contributed by atoms with van der Waals surface area (Å²) < 4.78 is 1.83. The maximum Gasteiger partial charge on any atom is 0.320 e. The number of hydrogen-bond acceptors (Lipinski definition) is 3. The highest BCUT2D eigenvalue weighted by Gasteiger charge is 2.12. The number of carbonyl (C=O) groups is 1. The van der Waals surface area contributed by atoms with Crippen LogP contribution >= 0.6 is 0 Å². The monoisotopic (exact) mass is 344 g/mol. The Hall–Kier alpha value is -2.34. The highest BCUT2D eigenvalue weighted by atomic mass is 16.3. The molecular weight excluding hydrogens is 316 g/mol. The number of nitrogens with zero attached hydrogens (tertiary/aromatic N) is 2. The quantitative estimate of drug-likeness (QED) is 0.652. The number of nitrogens with one attached hydrogen (secondary N) is 2. The van der Waals surface area contributed by atoms with Crippen molar-refractivity contribution < 1.29 is 9.90 Å². The average molecular weight is 344 g/mol. The second-order valence-electron chi connectivity index (χ2n) is 6.27. The Morgan fingerprint density at radius 3 is 2.68 bits per heavy atom. The molecule has 0 saturated heterocycles. The molecule has 0 radical (unpaired) electrons. The number of aromatic nitrogens is 2. The molecule has 2 rings (SSSR count). The Balaban J connectivity index is 1.87. The summed E-state index contributed by atoms with van der Waals surface area (Å²) in [6, 6.07) is 11.7. The summed E-state index contributed by atoms with van der Waals surface area (Å²) in [6.45, 7) is 4.87. The van der Waals surface area contributed by atoms with Gasteiger partial charge in [-0.25, -0.2) is 4.79 Å². The largest absolute Gasteiger partial charge is 0.396 e. The van der Waals surface area contributed by atoms with Gasteiger partial charge in [0.1, 0.15) is 0 Å². The van der Waals surface area contributed by atoms with Crippen LogP contribution < -0.4 is 10.6 Å². The van der Waals surface area contributed by atoms with Crippen LogP contribution in [-0.4, -0.2) is 34.1 Å². The van der Waals surface area contributed by atoms with Gasteiger partial charge in [0.2, 0.25) is 0 Å². The molecule has 2 unspecified atom stereocenters. The second kappa shape index (κ2) is 9.84. The number of amides is 2. The van der Waals surface area contributed by atoms with Crippen LogP contribution in [0, 0.1) is 5.92 Å². The molecule has 6 heteroatoms. The smallest absolute Gasteiger partial charge is 0.320 e. The van der Waals surface area contributed by atoms with Gasteiger partial charge in [-0.1, -0.05) is 43.7 Å². The van der Waals surface area contributed by atoms with Gasteiger partial charge in [0.25, 0.3) is 0 Å². The van der Waals surface area contributed by atoms with Crippen molar-refractivity contribution in [2.45, 2.75) is 39.2 Å². The molecule has 1 heterocycles. The number of benzene rings is 1. The van der Waals surface area contributed by atoms with Crippen LogP contribution in [0.2, 0.25) is 0 Å². The van der Waals surface area contributed by atoms with E-state index in [1.807, 2.05) is 29.1 Å². The van der Waals surface area contributed by atoms with Crippen molar-refractivity contribution in [1.82, 2.24) is 15.1 Å². The molecule has 0 aliphatic carbocycles. The predicted octanol–water partition coefficient (Wildman–Crippen LogP) is 3.41. The molecule has 6 nitrogen and oxygen atoms in total. The highest BCUT2D eigenvalue weighted by Crippen LogP contribution is 2.18. The first kappa shape index (κ1) is 19.0. The van der Waals surface area contributed by atoms with Crippen LogP contribution in [0.25, 0.3) is 0 Å². The molecule has 2 atom stereocenters. The first-order valence-electron chi connectivity index (χ1n) is 8.89. The molecule has 0 aliphatic heterocycles. The minimum absolute atomic E-state index is 0.0956. The molecule has 136 valence electrons. The van der Waals surface area contributed by atoms with E-state index < -0.39 is 0 Å². The Kier molecular flexibility index (Phi) is 7.47. The summed E-state index contributed by atoms with van der Waals surface area (Å²) in [5.74, 6) is 0.825. The summed E-state index contributed by atoms with van der Waals surface area (Å²) in [4.78, 5) is 12.0. The van der Waals surface area contributed by atoms with Crippen LogP contribution in [0.4, 0.5) is 10.6 Å². The fraction of sp³-hybridized carbons (Fsp3) is 0.474. The van der Waals surface area contributed by atoms with E-state index in [2.05, 4.69) is 41.7 Å². The molecule has 2 aromatic rings. The van der Waals surface area contributed by atoms with E-state index in [1.54, 1.807) is 6.07 Å². The molecule has 1 aromatic heterocycles. The Morgan fingerprint density at radius 1 is 1.24 bits per heavy atom. The lowest BCUT2D eigenvalue weighted by molar-refractivity contribution is 0.236. The lowest BCUT2D eigenvalue weighted by Crippen LogP contribution is -2.33. The van der Waals surface area contributed by atoms with Gasteiger partial charge < -0.3 is 10.4 Å². The maximum atomic E-state index is 12.0. The van der Waals surface area contributed by atoms with Gasteiger partial charge in [0.05, 0.1) is 6.04 Å². The van der Waals surface area contributed by atoms with E-state index in [4.69, 9.17) is 5.11 Å². The normalized spacial score (nSPS) is 13.2. The van der Waals surface area contributed by atoms with Crippen LogP contribution in [0.15, 0.2) is 42.6 Å². The lowest BCUT2D eigenvalue weighted by Gasteiger charge is -2.15. The number of urea groups is 1. The van der Waals surface area contributed by atoms with Gasteiger partial charge in [-0.3, -0.25) is 10.00 Å². The molecule has 3 N–H and O–H groups in total. The fourth-order valence-electron chi connectivity index (χ4n) is 2.84. The van der Waals surface area contributed by atoms with Crippen LogP contribution in [0.1, 0.15) is 44.7 Å². The highest BCUT2D eigenvalue weighted by molar-refractivity contribution is 5.88. The maximum absolute atomic E-state index is 12.0. The van der Waals surface area contributed by atoms with Gasteiger partial charge >= 0.3 is 6.03 Å². The third-order valence-corrected chi connectivity index (χ3v) is 4.31. The van der Waals surface area contributed by atoms with Gasteiger partial charge in [0, 0.05) is 25.4 Å². The second-order valence-corrected chi connectivity index (χ2v) is 6.27. The van der Waals surface area contributed by atoms with Crippen molar-refractivity contribution in [3.8, 4) is 0 Å². The summed E-state index contributed by atoms with van der Waals surface area (Å²) in [7, 11) is 0.